The van der Waals surface area contributed by atoms with Crippen LogP contribution in [0.25, 0.3) is 5.69 Å². The van der Waals surface area contributed by atoms with Crippen LogP contribution < -0.4 is 0 Å². The predicted molar refractivity (Wildman–Crippen MR) is 63.0 cm³/mol. The first kappa shape index (κ1) is 13.2. The second-order valence-electron chi connectivity index (χ2n) is 3.48. The van der Waals surface area contributed by atoms with Gasteiger partial charge in [0.1, 0.15) is 16.7 Å². The van der Waals surface area contributed by atoms with Crippen LogP contribution in [0.15, 0.2) is 24.3 Å². The van der Waals surface area contributed by atoms with Crippen LogP contribution in [0.5, 0.6) is 0 Å². The topological polar surface area (TPSA) is 17.8 Å². The van der Waals surface area contributed by atoms with Gasteiger partial charge >= 0.3 is 0 Å². The highest BCUT2D eigenvalue weighted by Gasteiger charge is 2.23. The Hall–Kier alpha value is -1.20. The molecule has 0 unspecified atom stereocenters. The Balaban J connectivity index is 2.59. The van der Waals surface area contributed by atoms with Gasteiger partial charge in [0.05, 0.1) is 11.6 Å². The quantitative estimate of drug-likeness (QED) is 0.770. The zero-order valence-electron chi connectivity index (χ0n) is 8.88. The highest BCUT2D eigenvalue weighted by molar-refractivity contribution is 6.31. The second-order valence-corrected chi connectivity index (χ2v) is 4.11. The molecule has 0 bridgehead atoms. The summed E-state index contributed by atoms with van der Waals surface area (Å²) in [5.41, 5.74) is -0.171. The lowest BCUT2D eigenvalue weighted by molar-refractivity contribution is 0.144. The Bertz CT molecular complexity index is 569. The van der Waals surface area contributed by atoms with Crippen molar-refractivity contribution in [1.82, 2.24) is 9.78 Å². The standard InChI is InChI=1S/C11H7Cl2F3N2/c12-5-8-9(11(15)16)17-18(10(8)13)7-3-1-2-6(14)4-7/h1-4,11H,5H2. The van der Waals surface area contributed by atoms with E-state index in [9.17, 15) is 13.2 Å². The maximum absolute atomic E-state index is 13.1. The van der Waals surface area contributed by atoms with Crippen LogP contribution in [0.1, 0.15) is 17.7 Å². The fraction of sp³-hybridized carbons (Fsp3) is 0.182. The zero-order valence-corrected chi connectivity index (χ0v) is 10.4. The van der Waals surface area contributed by atoms with Gasteiger partial charge in [-0.2, -0.15) is 5.10 Å². The molecule has 0 saturated heterocycles. The van der Waals surface area contributed by atoms with E-state index in [0.717, 1.165) is 10.7 Å². The summed E-state index contributed by atoms with van der Waals surface area (Å²) in [4.78, 5) is 0. The first-order valence-electron chi connectivity index (χ1n) is 4.92. The summed E-state index contributed by atoms with van der Waals surface area (Å²) in [6, 6.07) is 5.32. The Labute approximate surface area is 111 Å². The summed E-state index contributed by atoms with van der Waals surface area (Å²) in [5.74, 6) is -0.696. The summed E-state index contributed by atoms with van der Waals surface area (Å²) < 4.78 is 39.6. The molecule has 0 fully saturated rings. The van der Waals surface area contributed by atoms with Crippen molar-refractivity contribution < 1.29 is 13.2 Å². The van der Waals surface area contributed by atoms with Crippen molar-refractivity contribution in [3.63, 3.8) is 0 Å². The lowest BCUT2D eigenvalue weighted by Crippen LogP contribution is -1.98. The van der Waals surface area contributed by atoms with E-state index in [4.69, 9.17) is 23.2 Å². The van der Waals surface area contributed by atoms with Gasteiger partial charge in [-0.25, -0.2) is 17.9 Å². The zero-order chi connectivity index (χ0) is 13.3. The van der Waals surface area contributed by atoms with E-state index < -0.39 is 17.9 Å². The first-order valence-corrected chi connectivity index (χ1v) is 5.83. The molecule has 0 aliphatic carbocycles. The number of aromatic nitrogens is 2. The van der Waals surface area contributed by atoms with Crippen molar-refractivity contribution in [2.24, 2.45) is 0 Å². The number of nitrogens with zero attached hydrogens (tertiary/aromatic N) is 2. The smallest absolute Gasteiger partial charge is 0.221 e. The molecule has 18 heavy (non-hydrogen) atoms. The van der Waals surface area contributed by atoms with Crippen LogP contribution in [0.2, 0.25) is 5.15 Å². The van der Waals surface area contributed by atoms with Gasteiger partial charge in [0.2, 0.25) is 0 Å². The third-order valence-electron chi connectivity index (χ3n) is 2.34. The average molecular weight is 295 g/mol. The van der Waals surface area contributed by atoms with E-state index in [-0.39, 0.29) is 22.3 Å². The van der Waals surface area contributed by atoms with E-state index in [1.54, 1.807) is 0 Å². The van der Waals surface area contributed by atoms with E-state index in [2.05, 4.69) is 5.10 Å². The molecular weight excluding hydrogens is 288 g/mol. The molecule has 7 heteroatoms. The maximum atomic E-state index is 13.1. The SMILES string of the molecule is Fc1cccc(-n2nc(C(F)F)c(CCl)c2Cl)c1. The molecule has 2 aromatic rings. The lowest BCUT2D eigenvalue weighted by Gasteiger charge is -2.02. The first-order chi connectivity index (χ1) is 8.54. The molecule has 96 valence electrons. The Morgan fingerprint density at radius 2 is 2.06 bits per heavy atom. The van der Waals surface area contributed by atoms with Crippen LogP contribution in [-0.4, -0.2) is 9.78 Å². The predicted octanol–water partition coefficient (Wildman–Crippen LogP) is 4.34. The van der Waals surface area contributed by atoms with Gasteiger partial charge in [0.15, 0.2) is 0 Å². The molecule has 0 radical (unpaired) electrons. The van der Waals surface area contributed by atoms with Crippen molar-refractivity contribution in [2.45, 2.75) is 12.3 Å². The highest BCUT2D eigenvalue weighted by Crippen LogP contribution is 2.31. The molecule has 0 saturated carbocycles. The molecule has 0 aliphatic heterocycles. The maximum Gasteiger partial charge on any atom is 0.282 e. The van der Waals surface area contributed by atoms with Gasteiger partial charge in [0, 0.05) is 5.56 Å². The van der Waals surface area contributed by atoms with Crippen molar-refractivity contribution in [1.29, 1.82) is 0 Å². The van der Waals surface area contributed by atoms with Crippen LogP contribution in [-0.2, 0) is 5.88 Å². The highest BCUT2D eigenvalue weighted by atomic mass is 35.5. The molecular formula is C11H7Cl2F3N2. The molecule has 0 atom stereocenters. The Morgan fingerprint density at radius 1 is 1.33 bits per heavy atom. The lowest BCUT2D eigenvalue weighted by atomic mass is 10.3. The number of benzene rings is 1. The van der Waals surface area contributed by atoms with E-state index in [1.165, 1.54) is 18.2 Å². The number of hydrogen-bond donors (Lipinski definition) is 0. The third kappa shape index (κ3) is 2.33. The number of alkyl halides is 3. The summed E-state index contributed by atoms with van der Waals surface area (Å²) >= 11 is 11.5. The minimum atomic E-state index is -2.79. The summed E-state index contributed by atoms with van der Waals surface area (Å²) in [6.45, 7) is 0. The minimum Gasteiger partial charge on any atom is -0.221 e. The number of hydrogen-bond acceptors (Lipinski definition) is 1. The van der Waals surface area contributed by atoms with Crippen LogP contribution in [0.3, 0.4) is 0 Å². The van der Waals surface area contributed by atoms with Gasteiger partial charge in [-0.1, -0.05) is 17.7 Å². The molecule has 0 aliphatic rings. The van der Waals surface area contributed by atoms with Crippen LogP contribution >= 0.6 is 23.2 Å². The minimum absolute atomic E-state index is 0.0362. The molecule has 2 nitrogen and oxygen atoms in total. The average Bonchev–Trinajstić information content (AvgIpc) is 2.66. The second kappa shape index (κ2) is 5.20. The Morgan fingerprint density at radius 3 is 2.56 bits per heavy atom. The summed E-state index contributed by atoms with van der Waals surface area (Å²) in [5, 5.41) is 3.64. The van der Waals surface area contributed by atoms with Gasteiger partial charge in [-0.15, -0.1) is 11.6 Å². The molecule has 2 rings (SSSR count). The summed E-state index contributed by atoms with van der Waals surface area (Å²) in [7, 11) is 0. The molecule has 0 spiro atoms. The van der Waals surface area contributed by atoms with Crippen molar-refractivity contribution in [3.8, 4) is 5.69 Å². The molecule has 0 N–H and O–H groups in total. The van der Waals surface area contributed by atoms with E-state index >= 15 is 0 Å². The van der Waals surface area contributed by atoms with E-state index in [0.29, 0.717) is 0 Å². The largest absolute Gasteiger partial charge is 0.282 e. The van der Waals surface area contributed by atoms with Gasteiger partial charge < -0.3 is 0 Å². The normalized spacial score (nSPS) is 11.2. The number of halogens is 5. The van der Waals surface area contributed by atoms with E-state index in [1.807, 2.05) is 0 Å². The Kier molecular flexibility index (Phi) is 3.82. The molecule has 0 amide bonds. The van der Waals surface area contributed by atoms with Gasteiger partial charge in [-0.05, 0) is 18.2 Å². The van der Waals surface area contributed by atoms with Crippen molar-refractivity contribution in [3.05, 3.63) is 46.5 Å². The molecule has 1 aromatic carbocycles. The summed E-state index contributed by atoms with van der Waals surface area (Å²) in [6.07, 6.45) is -2.79. The van der Waals surface area contributed by atoms with Crippen LogP contribution in [0, 0.1) is 5.82 Å². The molecule has 1 aromatic heterocycles. The third-order valence-corrected chi connectivity index (χ3v) is 3.00. The number of rotatable bonds is 3. The van der Waals surface area contributed by atoms with Gasteiger partial charge in [-0.3, -0.25) is 0 Å². The van der Waals surface area contributed by atoms with Crippen molar-refractivity contribution >= 4 is 23.2 Å². The molecule has 1 heterocycles. The van der Waals surface area contributed by atoms with Crippen LogP contribution in [0.4, 0.5) is 13.2 Å². The monoisotopic (exact) mass is 294 g/mol. The van der Waals surface area contributed by atoms with Crippen molar-refractivity contribution in [2.75, 3.05) is 0 Å². The van der Waals surface area contributed by atoms with Gasteiger partial charge in [0.25, 0.3) is 6.43 Å². The fourth-order valence-electron chi connectivity index (χ4n) is 1.52. The fourth-order valence-corrected chi connectivity index (χ4v) is 2.15.